The average molecular weight is 345 g/mol. The zero-order valence-electron chi connectivity index (χ0n) is 12.1. The van der Waals surface area contributed by atoms with Gasteiger partial charge in [0, 0.05) is 12.4 Å². The fourth-order valence-corrected chi connectivity index (χ4v) is 3.40. The predicted molar refractivity (Wildman–Crippen MR) is 84.4 cm³/mol. The number of nitrogens with one attached hydrogen (secondary N) is 2. The Kier molecular flexibility index (Phi) is 3.13. The fourth-order valence-electron chi connectivity index (χ4n) is 2.33. The van der Waals surface area contributed by atoms with Crippen molar-refractivity contribution in [2.45, 2.75) is 4.90 Å². The van der Waals surface area contributed by atoms with Crippen molar-refractivity contribution in [3.63, 3.8) is 0 Å². The predicted octanol–water partition coefficient (Wildman–Crippen LogP) is 0.861. The van der Waals surface area contributed by atoms with E-state index in [1.54, 1.807) is 18.5 Å². The van der Waals surface area contributed by atoms with Gasteiger partial charge in [-0.15, -0.1) is 0 Å². The number of hydrogen-bond acceptors (Lipinski definition) is 6. The number of anilines is 2. The van der Waals surface area contributed by atoms with Crippen LogP contribution in [-0.4, -0.2) is 35.5 Å². The zero-order valence-corrected chi connectivity index (χ0v) is 12.9. The number of carbonyl (C=O) groups excluding carboxylic acids is 1. The molecule has 4 rings (SSSR count). The number of carbonyl (C=O) groups is 1. The van der Waals surface area contributed by atoms with E-state index in [4.69, 9.17) is 4.74 Å². The van der Waals surface area contributed by atoms with Gasteiger partial charge in [-0.25, -0.2) is 17.9 Å². The first-order chi connectivity index (χ1) is 11.5. The number of ether oxygens (including phenoxy) is 1. The van der Waals surface area contributed by atoms with Crippen molar-refractivity contribution in [3.8, 4) is 5.75 Å². The van der Waals surface area contributed by atoms with Gasteiger partial charge >= 0.3 is 0 Å². The molecule has 24 heavy (non-hydrogen) atoms. The Balaban J connectivity index is 1.70. The summed E-state index contributed by atoms with van der Waals surface area (Å²) in [5.74, 6) is 0.0861. The molecule has 0 bridgehead atoms. The molecule has 3 heterocycles. The van der Waals surface area contributed by atoms with Crippen LogP contribution in [0.25, 0.3) is 5.65 Å². The van der Waals surface area contributed by atoms with Gasteiger partial charge < -0.3 is 10.1 Å². The molecule has 0 atom stereocenters. The summed E-state index contributed by atoms with van der Waals surface area (Å²) in [6.07, 6.45) is 4.58. The largest absolute Gasteiger partial charge is 0.482 e. The minimum Gasteiger partial charge on any atom is -0.482 e. The van der Waals surface area contributed by atoms with E-state index in [9.17, 15) is 13.2 Å². The van der Waals surface area contributed by atoms with Crippen LogP contribution in [0.3, 0.4) is 0 Å². The number of nitrogens with zero attached hydrogens (tertiary/aromatic N) is 3. The Morgan fingerprint density at radius 3 is 3.08 bits per heavy atom. The maximum atomic E-state index is 12.6. The molecule has 122 valence electrons. The number of amides is 1. The molecule has 0 saturated carbocycles. The lowest BCUT2D eigenvalue weighted by Gasteiger charge is -2.18. The zero-order chi connectivity index (χ0) is 16.7. The van der Waals surface area contributed by atoms with E-state index < -0.39 is 10.0 Å². The van der Waals surface area contributed by atoms with Gasteiger partial charge in [0.05, 0.1) is 16.8 Å². The maximum absolute atomic E-state index is 12.6. The van der Waals surface area contributed by atoms with Crippen LogP contribution in [0.4, 0.5) is 11.4 Å². The SMILES string of the molecule is O=C1COc2ccc(S(=O)(=O)Nc3cnn4cccnc34)cc2N1. The molecule has 0 radical (unpaired) electrons. The molecule has 10 heteroatoms. The van der Waals surface area contributed by atoms with Gasteiger partial charge in [-0.2, -0.15) is 5.10 Å². The molecule has 9 nitrogen and oxygen atoms in total. The molecule has 0 fully saturated rings. The van der Waals surface area contributed by atoms with Crippen LogP contribution in [0, 0.1) is 0 Å². The van der Waals surface area contributed by atoms with Gasteiger partial charge in [-0.1, -0.05) is 0 Å². The third-order valence-electron chi connectivity index (χ3n) is 3.42. The first kappa shape index (κ1) is 14.5. The van der Waals surface area contributed by atoms with Crippen molar-refractivity contribution in [2.75, 3.05) is 16.6 Å². The topological polar surface area (TPSA) is 115 Å². The lowest BCUT2D eigenvalue weighted by atomic mass is 10.2. The van der Waals surface area contributed by atoms with Crippen LogP contribution >= 0.6 is 0 Å². The highest BCUT2D eigenvalue weighted by Crippen LogP contribution is 2.31. The van der Waals surface area contributed by atoms with Gasteiger partial charge in [0.15, 0.2) is 12.3 Å². The first-order valence-corrected chi connectivity index (χ1v) is 8.39. The summed E-state index contributed by atoms with van der Waals surface area (Å²) in [5, 5.41) is 6.60. The number of fused-ring (bicyclic) bond motifs is 2. The average Bonchev–Trinajstić information content (AvgIpc) is 2.97. The summed E-state index contributed by atoms with van der Waals surface area (Å²) in [6, 6.07) is 5.92. The van der Waals surface area contributed by atoms with Gasteiger partial charge in [0.1, 0.15) is 11.4 Å². The molecule has 3 aromatic rings. The summed E-state index contributed by atoms with van der Waals surface area (Å²) >= 11 is 0. The molecule has 1 aromatic carbocycles. The van der Waals surface area contributed by atoms with Crippen LogP contribution in [-0.2, 0) is 14.8 Å². The number of aromatic nitrogens is 3. The summed E-state index contributed by atoms with van der Waals surface area (Å²) in [5.41, 5.74) is 0.955. The van der Waals surface area contributed by atoms with E-state index in [0.717, 1.165) is 0 Å². The second kappa shape index (κ2) is 5.20. The molecule has 1 amide bonds. The third kappa shape index (κ3) is 2.42. The fraction of sp³-hybridized carbons (Fsp3) is 0.0714. The standard InChI is InChI=1S/C14H11N5O4S/c20-13-8-23-12-3-2-9(6-10(12)17-13)24(21,22)18-11-7-16-19-5-1-4-15-14(11)19/h1-7,18H,8H2,(H,17,20). The number of sulfonamides is 1. The lowest BCUT2D eigenvalue weighted by molar-refractivity contribution is -0.118. The summed E-state index contributed by atoms with van der Waals surface area (Å²) in [6.45, 7) is -0.0919. The lowest BCUT2D eigenvalue weighted by Crippen LogP contribution is -2.25. The minimum atomic E-state index is -3.88. The highest BCUT2D eigenvalue weighted by atomic mass is 32.2. The van der Waals surface area contributed by atoms with Crippen molar-refractivity contribution in [3.05, 3.63) is 42.9 Å². The van der Waals surface area contributed by atoms with Crippen molar-refractivity contribution in [1.82, 2.24) is 14.6 Å². The van der Waals surface area contributed by atoms with Crippen LogP contribution in [0.1, 0.15) is 0 Å². The third-order valence-corrected chi connectivity index (χ3v) is 4.78. The highest BCUT2D eigenvalue weighted by molar-refractivity contribution is 7.92. The van der Waals surface area contributed by atoms with E-state index >= 15 is 0 Å². The van der Waals surface area contributed by atoms with E-state index in [2.05, 4.69) is 20.1 Å². The molecule has 0 aliphatic carbocycles. The Morgan fingerprint density at radius 1 is 1.33 bits per heavy atom. The first-order valence-electron chi connectivity index (χ1n) is 6.91. The van der Waals surface area contributed by atoms with E-state index in [-0.39, 0.29) is 23.1 Å². The van der Waals surface area contributed by atoms with Gasteiger partial charge in [0.2, 0.25) is 0 Å². The van der Waals surface area contributed by atoms with Crippen LogP contribution in [0.2, 0.25) is 0 Å². The monoisotopic (exact) mass is 345 g/mol. The van der Waals surface area contributed by atoms with Gasteiger partial charge in [-0.05, 0) is 24.3 Å². The second-order valence-corrected chi connectivity index (χ2v) is 6.73. The van der Waals surface area contributed by atoms with E-state index in [0.29, 0.717) is 17.1 Å². The molecule has 1 aliphatic rings. The molecular weight excluding hydrogens is 334 g/mol. The Bertz CT molecular complexity index is 1060. The van der Waals surface area contributed by atoms with Crippen LogP contribution in [0.5, 0.6) is 5.75 Å². The molecule has 2 aromatic heterocycles. The second-order valence-electron chi connectivity index (χ2n) is 5.05. The highest BCUT2D eigenvalue weighted by Gasteiger charge is 2.22. The Hall–Kier alpha value is -3.14. The normalized spacial score (nSPS) is 13.9. The number of benzene rings is 1. The van der Waals surface area contributed by atoms with Crippen LogP contribution < -0.4 is 14.8 Å². The van der Waals surface area contributed by atoms with Crippen molar-refractivity contribution >= 4 is 33.0 Å². The molecule has 1 aliphatic heterocycles. The molecular formula is C14H11N5O4S. The molecule has 0 spiro atoms. The minimum absolute atomic E-state index is 0.0117. The Morgan fingerprint density at radius 2 is 2.21 bits per heavy atom. The van der Waals surface area contributed by atoms with Crippen molar-refractivity contribution < 1.29 is 17.9 Å². The maximum Gasteiger partial charge on any atom is 0.262 e. The van der Waals surface area contributed by atoms with E-state index in [1.807, 2.05) is 0 Å². The molecule has 2 N–H and O–H groups in total. The number of hydrogen-bond donors (Lipinski definition) is 2. The summed E-state index contributed by atoms with van der Waals surface area (Å²) in [7, 11) is -3.88. The quantitative estimate of drug-likeness (QED) is 0.728. The van der Waals surface area contributed by atoms with Gasteiger partial charge in [0.25, 0.3) is 15.9 Å². The van der Waals surface area contributed by atoms with Gasteiger partial charge in [-0.3, -0.25) is 9.52 Å². The van der Waals surface area contributed by atoms with E-state index in [1.165, 1.54) is 28.9 Å². The smallest absolute Gasteiger partial charge is 0.262 e. The van der Waals surface area contributed by atoms with Crippen molar-refractivity contribution in [2.24, 2.45) is 0 Å². The molecule has 0 saturated heterocycles. The number of rotatable bonds is 3. The summed E-state index contributed by atoms with van der Waals surface area (Å²) < 4.78 is 34.3. The van der Waals surface area contributed by atoms with Crippen molar-refractivity contribution in [1.29, 1.82) is 0 Å². The molecule has 0 unspecified atom stereocenters. The van der Waals surface area contributed by atoms with Crippen LogP contribution in [0.15, 0.2) is 47.8 Å². The summed E-state index contributed by atoms with van der Waals surface area (Å²) in [4.78, 5) is 15.5. The Labute approximate surface area is 136 Å².